The van der Waals surface area contributed by atoms with E-state index in [1.54, 1.807) is 0 Å². The normalized spacial score (nSPS) is 12.7. The highest BCUT2D eigenvalue weighted by atomic mass is 35.5. The quantitative estimate of drug-likeness (QED) is 0.409. The summed E-state index contributed by atoms with van der Waals surface area (Å²) in [5.74, 6) is -0.689. The summed E-state index contributed by atoms with van der Waals surface area (Å²) in [7, 11) is 0. The van der Waals surface area contributed by atoms with Crippen LogP contribution in [0.4, 0.5) is 0 Å². The smallest absolute Gasteiger partial charge is 0.267 e. The lowest BCUT2D eigenvalue weighted by Crippen LogP contribution is -2.30. The molecule has 0 spiro atoms. The fourth-order valence-corrected chi connectivity index (χ4v) is 0.330. The third kappa shape index (κ3) is 5.42. The molecule has 0 bridgehead atoms. The van der Waals surface area contributed by atoms with Gasteiger partial charge < -0.3 is 0 Å². The molecule has 84 valence electrons. The Bertz CT molecular complexity index is 195. The molecule has 0 aromatic heterocycles. The van der Waals surface area contributed by atoms with E-state index >= 15 is 0 Å². The molecule has 5 heteroatoms. The second-order valence-electron chi connectivity index (χ2n) is 4.11. The fourth-order valence-electron chi connectivity index (χ4n) is 0.298. The van der Waals surface area contributed by atoms with Crippen molar-refractivity contribution >= 4 is 17.6 Å². The number of hydrogen-bond donors (Lipinski definition) is 0. The topological polar surface area (TPSA) is 44.8 Å². The van der Waals surface area contributed by atoms with E-state index in [1.165, 1.54) is 13.8 Å². The van der Waals surface area contributed by atoms with Crippen LogP contribution in [0.15, 0.2) is 0 Å². The first-order valence-electron chi connectivity index (χ1n) is 4.45. The average molecular weight is 225 g/mol. The van der Waals surface area contributed by atoms with Crippen LogP contribution < -0.4 is 0 Å². The lowest BCUT2D eigenvalue weighted by molar-refractivity contribution is -0.517. The Kier molecular flexibility index (Phi) is 4.84. The number of halogens is 1. The van der Waals surface area contributed by atoms with E-state index in [4.69, 9.17) is 16.5 Å². The zero-order valence-electron chi connectivity index (χ0n) is 9.22. The van der Waals surface area contributed by atoms with Crippen molar-refractivity contribution in [1.82, 2.24) is 0 Å². The molecule has 0 aliphatic heterocycles. The van der Waals surface area contributed by atoms with Gasteiger partial charge in [0, 0.05) is 0 Å². The molecule has 0 aliphatic rings. The Hall–Kier alpha value is -0.320. The van der Waals surface area contributed by atoms with Gasteiger partial charge in [0.25, 0.3) is 0 Å². The minimum Gasteiger partial charge on any atom is -0.267 e. The highest BCUT2D eigenvalue weighted by molar-refractivity contribution is 6.33. The van der Waals surface area contributed by atoms with Gasteiger partial charge in [-0.1, -0.05) is 6.92 Å². The van der Waals surface area contributed by atoms with Gasteiger partial charge in [-0.25, -0.2) is 4.79 Å². The van der Waals surface area contributed by atoms with Crippen molar-refractivity contribution in [2.75, 3.05) is 0 Å². The van der Waals surface area contributed by atoms with Gasteiger partial charge in [0.1, 0.15) is 10.5 Å². The van der Waals surface area contributed by atoms with Crippen LogP contribution in [0.2, 0.25) is 0 Å². The lowest BCUT2D eigenvalue weighted by Gasteiger charge is -2.20. The molecule has 0 amide bonds. The second-order valence-corrected chi connectivity index (χ2v) is 5.05. The molecule has 0 fully saturated rings. The standard InChI is InChI=1S/C9H17ClO4/c1-6-8(2,3)13-14-12-7(11)9(4,5)10/h6H2,1-5H3. The van der Waals surface area contributed by atoms with Gasteiger partial charge in [-0.3, -0.25) is 4.89 Å². The van der Waals surface area contributed by atoms with Crippen molar-refractivity contribution in [2.24, 2.45) is 0 Å². The first-order valence-corrected chi connectivity index (χ1v) is 4.82. The van der Waals surface area contributed by atoms with Crippen molar-refractivity contribution in [1.29, 1.82) is 0 Å². The molecule has 0 atom stereocenters. The molecule has 0 radical (unpaired) electrons. The Morgan fingerprint density at radius 3 is 2.14 bits per heavy atom. The molecule has 0 aromatic rings. The molecule has 0 unspecified atom stereocenters. The van der Waals surface area contributed by atoms with Crippen LogP contribution in [-0.2, 0) is 19.6 Å². The van der Waals surface area contributed by atoms with Crippen LogP contribution in [0.5, 0.6) is 0 Å². The number of carbonyl (C=O) groups excluding carboxylic acids is 1. The fraction of sp³-hybridized carbons (Fsp3) is 0.889. The molecular formula is C9H17ClO4. The van der Waals surface area contributed by atoms with Crippen molar-refractivity contribution < 1.29 is 19.6 Å². The van der Waals surface area contributed by atoms with Gasteiger partial charge in [0.15, 0.2) is 0 Å². The predicted molar refractivity (Wildman–Crippen MR) is 52.6 cm³/mol. The van der Waals surface area contributed by atoms with E-state index < -0.39 is 16.4 Å². The molecule has 4 nitrogen and oxygen atoms in total. The molecular weight excluding hydrogens is 208 g/mol. The van der Waals surface area contributed by atoms with Gasteiger partial charge in [-0.05, 0) is 39.2 Å². The Balaban J connectivity index is 3.82. The molecule has 14 heavy (non-hydrogen) atoms. The largest absolute Gasteiger partial charge is 0.365 e. The van der Waals surface area contributed by atoms with E-state index in [0.717, 1.165) is 6.42 Å². The van der Waals surface area contributed by atoms with E-state index in [2.05, 4.69) is 9.93 Å². The molecule has 0 saturated carbocycles. The zero-order valence-corrected chi connectivity index (χ0v) is 9.97. The van der Waals surface area contributed by atoms with Crippen LogP contribution in [0.1, 0.15) is 41.0 Å². The van der Waals surface area contributed by atoms with Crippen LogP contribution in [0.25, 0.3) is 0 Å². The van der Waals surface area contributed by atoms with E-state index in [-0.39, 0.29) is 0 Å². The predicted octanol–water partition coefficient (Wildman–Crippen LogP) is 2.60. The highest BCUT2D eigenvalue weighted by Crippen LogP contribution is 2.17. The molecule has 0 aromatic carbocycles. The first kappa shape index (κ1) is 13.7. The van der Waals surface area contributed by atoms with E-state index in [1.807, 2.05) is 20.8 Å². The van der Waals surface area contributed by atoms with Crippen LogP contribution in [0, 0.1) is 0 Å². The van der Waals surface area contributed by atoms with Gasteiger partial charge in [-0.2, -0.15) is 4.89 Å². The van der Waals surface area contributed by atoms with Crippen LogP contribution >= 0.6 is 11.6 Å². The summed E-state index contributed by atoms with van der Waals surface area (Å²) in [4.78, 5) is 19.2. The summed E-state index contributed by atoms with van der Waals surface area (Å²) in [6.45, 7) is 8.56. The van der Waals surface area contributed by atoms with Crippen LogP contribution in [-0.4, -0.2) is 16.4 Å². The van der Waals surface area contributed by atoms with Crippen molar-refractivity contribution in [2.45, 2.75) is 51.5 Å². The van der Waals surface area contributed by atoms with Gasteiger partial charge >= 0.3 is 5.97 Å². The van der Waals surface area contributed by atoms with Crippen molar-refractivity contribution in [3.63, 3.8) is 0 Å². The zero-order chi connectivity index (χ0) is 11.4. The molecule has 0 aliphatic carbocycles. The molecule has 0 saturated heterocycles. The Labute approximate surface area is 89.3 Å². The molecule has 0 N–H and O–H groups in total. The SMILES string of the molecule is CCC(C)(C)OOOC(=O)C(C)(C)Cl. The van der Waals surface area contributed by atoms with Crippen molar-refractivity contribution in [3.8, 4) is 0 Å². The maximum atomic E-state index is 11.1. The lowest BCUT2D eigenvalue weighted by atomic mass is 10.1. The Morgan fingerprint density at radius 1 is 1.29 bits per heavy atom. The average Bonchev–Trinajstić information content (AvgIpc) is 2.02. The Morgan fingerprint density at radius 2 is 1.79 bits per heavy atom. The first-order chi connectivity index (χ1) is 6.19. The van der Waals surface area contributed by atoms with E-state index in [9.17, 15) is 4.79 Å². The number of rotatable bonds is 5. The summed E-state index contributed by atoms with van der Waals surface area (Å²) in [6, 6.07) is 0. The second kappa shape index (κ2) is 4.96. The summed E-state index contributed by atoms with van der Waals surface area (Å²) in [6.07, 6.45) is 0.731. The van der Waals surface area contributed by atoms with Gasteiger partial charge in [0.2, 0.25) is 0 Å². The number of alkyl halides is 1. The van der Waals surface area contributed by atoms with Crippen molar-refractivity contribution in [3.05, 3.63) is 0 Å². The molecule has 0 heterocycles. The van der Waals surface area contributed by atoms with Gasteiger partial charge in [0.05, 0.1) is 0 Å². The maximum absolute atomic E-state index is 11.1. The van der Waals surface area contributed by atoms with Gasteiger partial charge in [-0.15, -0.1) is 11.6 Å². The van der Waals surface area contributed by atoms with E-state index in [0.29, 0.717) is 0 Å². The number of carbonyl (C=O) groups is 1. The summed E-state index contributed by atoms with van der Waals surface area (Å²) in [5, 5.41) is 4.34. The minimum atomic E-state index is -1.11. The number of hydrogen-bond acceptors (Lipinski definition) is 4. The summed E-state index contributed by atoms with van der Waals surface area (Å²) >= 11 is 5.66. The minimum absolute atomic E-state index is 0.489. The maximum Gasteiger partial charge on any atom is 0.365 e. The monoisotopic (exact) mass is 224 g/mol. The third-order valence-electron chi connectivity index (χ3n) is 1.71. The third-order valence-corrected chi connectivity index (χ3v) is 1.86. The molecule has 0 rings (SSSR count). The summed E-state index contributed by atoms with van der Waals surface area (Å²) in [5.41, 5.74) is -0.489. The highest BCUT2D eigenvalue weighted by Gasteiger charge is 2.28. The summed E-state index contributed by atoms with van der Waals surface area (Å²) < 4.78 is 0. The van der Waals surface area contributed by atoms with Crippen LogP contribution in [0.3, 0.4) is 0 Å².